The lowest BCUT2D eigenvalue weighted by molar-refractivity contribution is -0.132. The fraction of sp³-hybridized carbons (Fsp3) is 0.400. The Labute approximate surface area is 183 Å². The van der Waals surface area contributed by atoms with Crippen LogP contribution in [-0.4, -0.2) is 65.6 Å². The van der Waals surface area contributed by atoms with Gasteiger partial charge < -0.3 is 29.5 Å². The van der Waals surface area contributed by atoms with Crippen molar-refractivity contribution < 1.29 is 28.4 Å². The first-order valence-electron chi connectivity index (χ1n) is 9.72. The van der Waals surface area contributed by atoms with E-state index >= 15 is 0 Å². The summed E-state index contributed by atoms with van der Waals surface area (Å²) in [6, 6.07) is 6.74. The Hall–Kier alpha value is -3.21. The van der Waals surface area contributed by atoms with Gasteiger partial charge in [-0.3, -0.25) is 14.4 Å². The third-order valence-electron chi connectivity index (χ3n) is 4.25. The summed E-state index contributed by atoms with van der Waals surface area (Å²) in [5, 5.41) is 9.03. The van der Waals surface area contributed by atoms with E-state index in [-0.39, 0.29) is 35.8 Å². The number of ether oxygens (including phenoxy) is 2. The number of thioether (sulfide) groups is 1. The molecule has 0 saturated heterocycles. The van der Waals surface area contributed by atoms with Gasteiger partial charge in [-0.25, -0.2) is 0 Å². The van der Waals surface area contributed by atoms with Crippen LogP contribution in [0.4, 0.5) is 11.5 Å². The molecule has 3 amide bonds. The number of hydrogen-bond acceptors (Lipinski definition) is 8. The second-order valence-electron chi connectivity index (χ2n) is 6.68. The molecule has 10 nitrogen and oxygen atoms in total. The van der Waals surface area contributed by atoms with Crippen molar-refractivity contribution >= 4 is 41.0 Å². The molecule has 0 fully saturated rings. The van der Waals surface area contributed by atoms with Gasteiger partial charge in [0.25, 0.3) is 0 Å². The number of aromatic nitrogens is 1. The second-order valence-corrected chi connectivity index (χ2v) is 7.66. The molecule has 1 aliphatic rings. The van der Waals surface area contributed by atoms with E-state index in [0.29, 0.717) is 48.5 Å². The summed E-state index contributed by atoms with van der Waals surface area (Å²) in [5.41, 5.74) is 0.562. The number of aryl methyl sites for hydroxylation is 1. The molecule has 1 aromatic heterocycles. The molecule has 0 radical (unpaired) electrons. The second kappa shape index (κ2) is 10.7. The summed E-state index contributed by atoms with van der Waals surface area (Å²) < 4.78 is 15.8. The van der Waals surface area contributed by atoms with Crippen LogP contribution < -0.4 is 20.1 Å². The van der Waals surface area contributed by atoms with Crippen LogP contribution in [0.1, 0.15) is 12.7 Å². The minimum Gasteiger partial charge on any atom is -0.486 e. The first-order chi connectivity index (χ1) is 14.9. The zero-order chi connectivity index (χ0) is 22.2. The zero-order valence-corrected chi connectivity index (χ0v) is 18.1. The van der Waals surface area contributed by atoms with Crippen LogP contribution in [0.3, 0.4) is 0 Å². The summed E-state index contributed by atoms with van der Waals surface area (Å²) >= 11 is 1.16. The van der Waals surface area contributed by atoms with E-state index in [1.807, 2.05) is 0 Å². The maximum absolute atomic E-state index is 12.4. The maximum atomic E-state index is 12.4. The first kappa shape index (κ1) is 22.5. The fourth-order valence-corrected chi connectivity index (χ4v) is 3.51. The molecular formula is C20H24N4O6S. The van der Waals surface area contributed by atoms with Crippen molar-refractivity contribution in [1.82, 2.24) is 10.1 Å². The van der Waals surface area contributed by atoms with Crippen molar-refractivity contribution in [1.29, 1.82) is 0 Å². The Morgan fingerprint density at radius 3 is 2.55 bits per heavy atom. The third kappa shape index (κ3) is 6.64. The summed E-state index contributed by atoms with van der Waals surface area (Å²) in [5.74, 6) is 1.45. The molecule has 0 bridgehead atoms. The van der Waals surface area contributed by atoms with Crippen molar-refractivity contribution in [2.24, 2.45) is 0 Å². The summed E-state index contributed by atoms with van der Waals surface area (Å²) in [7, 11) is 0. The van der Waals surface area contributed by atoms with Gasteiger partial charge in [-0.1, -0.05) is 5.16 Å². The third-order valence-corrected chi connectivity index (χ3v) is 5.17. The van der Waals surface area contributed by atoms with E-state index in [4.69, 9.17) is 14.0 Å². The lowest BCUT2D eigenvalue weighted by Gasteiger charge is -2.21. The standard InChI is InChI=1S/C20H24N4O6S/c1-3-24(20(27)12-31-11-19(26)22-17-8-13(2)30-23-17)10-18(25)21-14-4-5-15-16(9-14)29-7-6-28-15/h4-5,8-9H,3,6-7,10-12H2,1-2H3,(H,21,25)(H,22,23,26). The molecule has 1 aliphatic heterocycles. The molecule has 31 heavy (non-hydrogen) atoms. The topological polar surface area (TPSA) is 123 Å². The number of benzene rings is 1. The SMILES string of the molecule is CCN(CC(=O)Nc1ccc2c(c1)OCCO2)C(=O)CSCC(=O)Nc1cc(C)on1. The normalized spacial score (nSPS) is 12.2. The number of carbonyl (C=O) groups is 3. The molecule has 1 aromatic carbocycles. The molecule has 0 aliphatic carbocycles. The fourth-order valence-electron chi connectivity index (χ4n) is 2.80. The Bertz CT molecular complexity index is 948. The van der Waals surface area contributed by atoms with Gasteiger partial charge in [0.15, 0.2) is 17.3 Å². The van der Waals surface area contributed by atoms with Crippen molar-refractivity contribution in [3.8, 4) is 11.5 Å². The van der Waals surface area contributed by atoms with Gasteiger partial charge in [-0.2, -0.15) is 0 Å². The van der Waals surface area contributed by atoms with E-state index in [1.54, 1.807) is 38.1 Å². The van der Waals surface area contributed by atoms with Crippen molar-refractivity contribution in [2.75, 3.05) is 48.4 Å². The number of nitrogens with one attached hydrogen (secondary N) is 2. The monoisotopic (exact) mass is 448 g/mol. The number of amides is 3. The van der Waals surface area contributed by atoms with Crippen LogP contribution in [0, 0.1) is 6.92 Å². The highest BCUT2D eigenvalue weighted by Gasteiger charge is 2.18. The van der Waals surface area contributed by atoms with Gasteiger partial charge in [0.1, 0.15) is 19.0 Å². The van der Waals surface area contributed by atoms with Gasteiger partial charge in [0.2, 0.25) is 17.7 Å². The van der Waals surface area contributed by atoms with Crippen molar-refractivity contribution in [3.05, 3.63) is 30.0 Å². The number of likely N-dealkylation sites (N-methyl/N-ethyl adjacent to an activating group) is 1. The average Bonchev–Trinajstić information content (AvgIpc) is 3.16. The van der Waals surface area contributed by atoms with Gasteiger partial charge >= 0.3 is 0 Å². The van der Waals surface area contributed by atoms with Crippen LogP contribution in [0.2, 0.25) is 0 Å². The smallest absolute Gasteiger partial charge is 0.243 e. The Morgan fingerprint density at radius 1 is 1.06 bits per heavy atom. The zero-order valence-electron chi connectivity index (χ0n) is 17.3. The molecule has 166 valence electrons. The minimum absolute atomic E-state index is 0.0798. The number of anilines is 2. The molecule has 0 unspecified atom stereocenters. The summed E-state index contributed by atoms with van der Waals surface area (Å²) in [6.07, 6.45) is 0. The Balaban J connectivity index is 1.42. The molecule has 3 rings (SSSR count). The number of rotatable bonds is 9. The largest absolute Gasteiger partial charge is 0.486 e. The van der Waals surface area contributed by atoms with Crippen LogP contribution in [-0.2, 0) is 14.4 Å². The molecule has 0 saturated carbocycles. The van der Waals surface area contributed by atoms with E-state index in [1.165, 1.54) is 4.90 Å². The lowest BCUT2D eigenvalue weighted by Crippen LogP contribution is -2.39. The van der Waals surface area contributed by atoms with Crippen LogP contribution in [0.15, 0.2) is 28.8 Å². The van der Waals surface area contributed by atoms with E-state index in [2.05, 4.69) is 15.8 Å². The highest BCUT2D eigenvalue weighted by Crippen LogP contribution is 2.32. The van der Waals surface area contributed by atoms with Crippen molar-refractivity contribution in [3.63, 3.8) is 0 Å². The predicted octanol–water partition coefficient (Wildman–Crippen LogP) is 1.91. The molecule has 0 spiro atoms. The van der Waals surface area contributed by atoms with Gasteiger partial charge in [-0.15, -0.1) is 11.8 Å². The number of hydrogen-bond donors (Lipinski definition) is 2. The highest BCUT2D eigenvalue weighted by atomic mass is 32.2. The molecule has 11 heteroatoms. The van der Waals surface area contributed by atoms with Crippen LogP contribution >= 0.6 is 11.8 Å². The molecule has 2 heterocycles. The number of nitrogens with zero attached hydrogens (tertiary/aromatic N) is 2. The predicted molar refractivity (Wildman–Crippen MR) is 116 cm³/mol. The van der Waals surface area contributed by atoms with Crippen molar-refractivity contribution in [2.45, 2.75) is 13.8 Å². The van der Waals surface area contributed by atoms with Gasteiger partial charge in [0.05, 0.1) is 18.1 Å². The minimum atomic E-state index is -0.323. The van der Waals surface area contributed by atoms with Gasteiger partial charge in [0, 0.05) is 24.4 Å². The first-order valence-corrected chi connectivity index (χ1v) is 10.9. The van der Waals surface area contributed by atoms with E-state index in [9.17, 15) is 14.4 Å². The van der Waals surface area contributed by atoms with E-state index < -0.39 is 0 Å². The average molecular weight is 449 g/mol. The van der Waals surface area contributed by atoms with Crippen LogP contribution in [0.25, 0.3) is 0 Å². The summed E-state index contributed by atoms with van der Waals surface area (Å²) in [4.78, 5) is 38.1. The summed E-state index contributed by atoms with van der Waals surface area (Å²) in [6.45, 7) is 4.74. The Kier molecular flexibility index (Phi) is 7.76. The molecule has 0 atom stereocenters. The number of carbonyl (C=O) groups excluding carboxylic acids is 3. The van der Waals surface area contributed by atoms with Crippen LogP contribution in [0.5, 0.6) is 11.5 Å². The lowest BCUT2D eigenvalue weighted by atomic mass is 10.2. The molecule has 2 aromatic rings. The van der Waals surface area contributed by atoms with E-state index in [0.717, 1.165) is 11.8 Å². The Morgan fingerprint density at radius 2 is 1.84 bits per heavy atom. The molecule has 2 N–H and O–H groups in total. The quantitative estimate of drug-likeness (QED) is 0.596. The maximum Gasteiger partial charge on any atom is 0.243 e. The van der Waals surface area contributed by atoms with Gasteiger partial charge in [-0.05, 0) is 26.0 Å². The molecular weight excluding hydrogens is 424 g/mol. The highest BCUT2D eigenvalue weighted by molar-refractivity contribution is 8.00. The number of fused-ring (bicyclic) bond motifs is 1.